The van der Waals surface area contributed by atoms with E-state index in [2.05, 4.69) is 43.0 Å². The summed E-state index contributed by atoms with van der Waals surface area (Å²) in [6, 6.07) is 19.8. The van der Waals surface area contributed by atoms with Crippen LogP contribution >= 0.6 is 0 Å². The van der Waals surface area contributed by atoms with Crippen molar-refractivity contribution in [1.82, 2.24) is 0 Å². The van der Waals surface area contributed by atoms with Crippen LogP contribution in [0.15, 0.2) is 60.7 Å². The molecule has 0 saturated heterocycles. The van der Waals surface area contributed by atoms with Crippen molar-refractivity contribution in [2.45, 2.75) is 31.0 Å². The van der Waals surface area contributed by atoms with Crippen molar-refractivity contribution >= 4 is 25.2 Å². The second kappa shape index (κ2) is 9.26. The number of hydrogen-bond acceptors (Lipinski definition) is 1. The number of benzene rings is 2. The molecule has 1 atom stereocenters. The van der Waals surface area contributed by atoms with Gasteiger partial charge in [0.05, 0.1) is 0 Å². The molecule has 0 saturated carbocycles. The minimum atomic E-state index is -0.0778. The van der Waals surface area contributed by atoms with Gasteiger partial charge in [-0.1, -0.05) is 0 Å². The molecule has 0 N–H and O–H groups in total. The first-order valence-electron chi connectivity index (χ1n) is 7.62. The molecule has 2 rings (SSSR count). The summed E-state index contributed by atoms with van der Waals surface area (Å²) in [5, 5.41) is 0. The molecule has 0 aromatic heterocycles. The maximum atomic E-state index is 12.1. The Morgan fingerprint density at radius 3 is 2.32 bits per heavy atom. The quantitative estimate of drug-likeness (QED) is 0.333. The monoisotopic (exact) mass is 356 g/mol. The van der Waals surface area contributed by atoms with Gasteiger partial charge < -0.3 is 0 Å². The first kappa shape index (κ1) is 16.6. The molecular formula is C20H20OSe. The SMILES string of the molecule is CCCCC(C#CC(=O)c1ccccc1)[Se]c1ccccc1. The summed E-state index contributed by atoms with van der Waals surface area (Å²) in [4.78, 5) is 12.4. The van der Waals surface area contributed by atoms with E-state index in [9.17, 15) is 4.79 Å². The van der Waals surface area contributed by atoms with E-state index >= 15 is 0 Å². The predicted octanol–water partition coefficient (Wildman–Crippen LogP) is 3.88. The number of hydrogen-bond donors (Lipinski definition) is 0. The zero-order valence-electron chi connectivity index (χ0n) is 12.8. The second-order valence-corrected chi connectivity index (χ2v) is 7.70. The van der Waals surface area contributed by atoms with Gasteiger partial charge in [0.15, 0.2) is 0 Å². The van der Waals surface area contributed by atoms with Gasteiger partial charge >= 0.3 is 139 Å². The summed E-state index contributed by atoms with van der Waals surface area (Å²) in [5.41, 5.74) is 0.677. The molecule has 2 aromatic rings. The van der Waals surface area contributed by atoms with Gasteiger partial charge in [-0.05, 0) is 0 Å². The Hall–Kier alpha value is -1.81. The van der Waals surface area contributed by atoms with Crippen LogP contribution in [0.3, 0.4) is 0 Å². The third-order valence-electron chi connectivity index (χ3n) is 3.22. The molecule has 22 heavy (non-hydrogen) atoms. The fourth-order valence-electron chi connectivity index (χ4n) is 2.02. The van der Waals surface area contributed by atoms with Crippen molar-refractivity contribution in [3.05, 3.63) is 66.2 Å². The van der Waals surface area contributed by atoms with Gasteiger partial charge in [0.25, 0.3) is 0 Å². The van der Waals surface area contributed by atoms with E-state index in [0.29, 0.717) is 25.3 Å². The molecule has 0 bridgehead atoms. The summed E-state index contributed by atoms with van der Waals surface area (Å²) in [6.07, 6.45) is 3.39. The van der Waals surface area contributed by atoms with Crippen molar-refractivity contribution in [1.29, 1.82) is 0 Å². The third-order valence-corrected chi connectivity index (χ3v) is 5.70. The van der Waals surface area contributed by atoms with E-state index < -0.39 is 0 Å². The summed E-state index contributed by atoms with van der Waals surface area (Å²) >= 11 is 0.292. The molecule has 0 aliphatic carbocycles. The van der Waals surface area contributed by atoms with Crippen LogP contribution in [0.2, 0.25) is 4.82 Å². The van der Waals surface area contributed by atoms with E-state index in [4.69, 9.17) is 0 Å². The van der Waals surface area contributed by atoms with Crippen LogP contribution in [0.25, 0.3) is 0 Å². The van der Waals surface area contributed by atoms with Gasteiger partial charge in [0, 0.05) is 0 Å². The number of rotatable bonds is 6. The van der Waals surface area contributed by atoms with Crippen molar-refractivity contribution in [2.24, 2.45) is 0 Å². The Morgan fingerprint density at radius 1 is 1.05 bits per heavy atom. The molecular weight excluding hydrogens is 335 g/mol. The molecule has 0 amide bonds. The first-order chi connectivity index (χ1) is 10.8. The molecule has 0 heterocycles. The van der Waals surface area contributed by atoms with Gasteiger partial charge in [0.2, 0.25) is 0 Å². The van der Waals surface area contributed by atoms with Crippen LogP contribution in [0.1, 0.15) is 36.5 Å². The first-order valence-corrected chi connectivity index (χ1v) is 9.46. The Morgan fingerprint density at radius 2 is 1.68 bits per heavy atom. The van der Waals surface area contributed by atoms with Gasteiger partial charge in [-0.25, -0.2) is 0 Å². The molecule has 0 radical (unpaired) electrons. The fourth-order valence-corrected chi connectivity index (χ4v) is 4.21. The normalized spacial score (nSPS) is 11.3. The molecule has 1 unspecified atom stereocenters. The Balaban J connectivity index is 2.06. The van der Waals surface area contributed by atoms with Gasteiger partial charge in [0.1, 0.15) is 0 Å². The standard InChI is InChI=1S/C20H20OSe/c1-2-3-12-19(22-18-13-8-5-9-14-18)15-16-20(21)17-10-6-4-7-11-17/h4-11,13-14,19H,2-3,12H2,1H3. The molecule has 2 aromatic carbocycles. The van der Waals surface area contributed by atoms with Crippen molar-refractivity contribution in [2.75, 3.05) is 0 Å². The van der Waals surface area contributed by atoms with Crippen molar-refractivity contribution in [3.63, 3.8) is 0 Å². The molecule has 0 spiro atoms. The van der Waals surface area contributed by atoms with Crippen molar-refractivity contribution in [3.8, 4) is 11.8 Å². The summed E-state index contributed by atoms with van der Waals surface area (Å²) in [5.74, 6) is 6.01. The van der Waals surface area contributed by atoms with Gasteiger partial charge in [-0.15, -0.1) is 0 Å². The summed E-state index contributed by atoms with van der Waals surface area (Å²) < 4.78 is 1.34. The van der Waals surface area contributed by atoms with Crippen LogP contribution < -0.4 is 4.46 Å². The average molecular weight is 355 g/mol. The molecule has 1 nitrogen and oxygen atoms in total. The molecule has 112 valence electrons. The van der Waals surface area contributed by atoms with Crippen molar-refractivity contribution < 1.29 is 4.79 Å². The molecule has 2 heteroatoms. The third kappa shape index (κ3) is 5.52. The Kier molecular flexibility index (Phi) is 6.97. The van der Waals surface area contributed by atoms with E-state index in [1.165, 1.54) is 4.46 Å². The summed E-state index contributed by atoms with van der Waals surface area (Å²) in [6.45, 7) is 2.19. The molecule has 0 fully saturated rings. The van der Waals surface area contributed by atoms with Crippen LogP contribution in [-0.4, -0.2) is 20.7 Å². The average Bonchev–Trinajstić information content (AvgIpc) is 2.58. The van der Waals surface area contributed by atoms with Crippen LogP contribution in [0.4, 0.5) is 0 Å². The van der Waals surface area contributed by atoms with Crippen LogP contribution in [0, 0.1) is 11.8 Å². The number of ketones is 1. The number of unbranched alkanes of at least 4 members (excludes halogenated alkanes) is 1. The minimum absolute atomic E-state index is 0.0778. The van der Waals surface area contributed by atoms with E-state index in [0.717, 1.165) is 19.3 Å². The summed E-state index contributed by atoms with van der Waals surface area (Å²) in [7, 11) is 0. The molecule has 0 aliphatic rings. The topological polar surface area (TPSA) is 17.1 Å². The molecule has 0 aliphatic heterocycles. The van der Waals surface area contributed by atoms with Crippen LogP contribution in [0.5, 0.6) is 0 Å². The fraction of sp³-hybridized carbons (Fsp3) is 0.250. The van der Waals surface area contributed by atoms with E-state index in [-0.39, 0.29) is 5.78 Å². The number of carbonyl (C=O) groups excluding carboxylic acids is 1. The Bertz CT molecular complexity index is 638. The Labute approximate surface area is 139 Å². The second-order valence-electron chi connectivity index (χ2n) is 5.03. The zero-order valence-corrected chi connectivity index (χ0v) is 14.5. The van der Waals surface area contributed by atoms with Crippen LogP contribution in [-0.2, 0) is 0 Å². The van der Waals surface area contributed by atoms with E-state index in [1.807, 2.05) is 36.4 Å². The predicted molar refractivity (Wildman–Crippen MR) is 93.7 cm³/mol. The number of carbonyl (C=O) groups is 1. The number of Topliss-reactive ketones (excluding diaryl/α,β-unsaturated/α-hetero) is 1. The van der Waals surface area contributed by atoms with Gasteiger partial charge in [-0.3, -0.25) is 0 Å². The van der Waals surface area contributed by atoms with E-state index in [1.54, 1.807) is 0 Å². The zero-order chi connectivity index (χ0) is 15.6. The van der Waals surface area contributed by atoms with Gasteiger partial charge in [-0.2, -0.15) is 0 Å². The maximum absolute atomic E-state index is 12.1.